The Morgan fingerprint density at radius 3 is 2.45 bits per heavy atom. The molecule has 0 N–H and O–H groups in total. The molecule has 2 aromatic carbocycles. The zero-order valence-electron chi connectivity index (χ0n) is 19.9. The molecule has 2 saturated heterocycles. The summed E-state index contributed by atoms with van der Waals surface area (Å²) in [6.45, 7) is 8.61. The molecule has 2 aliphatic heterocycles. The molecule has 0 aromatic heterocycles. The van der Waals surface area contributed by atoms with Crippen LogP contribution in [0.1, 0.15) is 30.4 Å². The Morgan fingerprint density at radius 1 is 1.03 bits per heavy atom. The number of likely N-dealkylation sites (tertiary alicyclic amines) is 1. The Hall–Kier alpha value is -2.44. The molecule has 0 amide bonds. The number of carbonyl (C=O) groups is 1. The van der Waals surface area contributed by atoms with E-state index in [4.69, 9.17) is 4.74 Å². The Kier molecular flexibility index (Phi) is 7.99. The van der Waals surface area contributed by atoms with Gasteiger partial charge in [-0.2, -0.15) is 0 Å². The van der Waals surface area contributed by atoms with Crippen LogP contribution in [0.5, 0.6) is 0 Å². The highest BCUT2D eigenvalue weighted by Crippen LogP contribution is 2.29. The lowest BCUT2D eigenvalue weighted by Gasteiger charge is -2.47. The Labute approximate surface area is 197 Å². The number of benzene rings is 2. The number of rotatable bonds is 7. The van der Waals surface area contributed by atoms with Gasteiger partial charge in [0.2, 0.25) is 0 Å². The predicted octanol–water partition coefficient (Wildman–Crippen LogP) is 4.10. The molecule has 6 heteroatoms. The zero-order valence-corrected chi connectivity index (χ0v) is 19.9. The standard InChI is InChI=1S/C27H36FN3O2/c1-21-7-9-22(10-8-21)19-29-14-13-25(23(20-29)11-12-27(32)33-2)30-15-17-31(18-16-30)26-6-4-3-5-24(26)28/h3-10,23,25H,11-20H2,1-2H3/t23-,25+/m0/s1. The van der Waals surface area contributed by atoms with E-state index in [1.165, 1.54) is 24.3 Å². The maximum Gasteiger partial charge on any atom is 0.305 e. The minimum absolute atomic E-state index is 0.131. The van der Waals surface area contributed by atoms with Crippen LogP contribution in [0.15, 0.2) is 48.5 Å². The van der Waals surface area contributed by atoms with E-state index >= 15 is 0 Å². The third-order valence-corrected chi connectivity index (χ3v) is 7.23. The van der Waals surface area contributed by atoms with E-state index < -0.39 is 0 Å². The van der Waals surface area contributed by atoms with Crippen LogP contribution in [0.2, 0.25) is 0 Å². The van der Waals surface area contributed by atoms with Crippen LogP contribution in [-0.4, -0.2) is 68.2 Å². The van der Waals surface area contributed by atoms with E-state index in [0.717, 1.165) is 58.7 Å². The summed E-state index contributed by atoms with van der Waals surface area (Å²) < 4.78 is 19.2. The molecule has 2 aliphatic rings. The average molecular weight is 454 g/mol. The van der Waals surface area contributed by atoms with Gasteiger partial charge in [-0.05, 0) is 49.9 Å². The van der Waals surface area contributed by atoms with Gasteiger partial charge in [-0.3, -0.25) is 14.6 Å². The molecular formula is C27H36FN3O2. The lowest BCUT2D eigenvalue weighted by atomic mass is 9.86. The number of para-hydroxylation sites is 1. The highest BCUT2D eigenvalue weighted by molar-refractivity contribution is 5.69. The fraction of sp³-hybridized carbons (Fsp3) is 0.519. The van der Waals surface area contributed by atoms with Crippen LogP contribution in [0.4, 0.5) is 10.1 Å². The number of anilines is 1. The molecule has 33 heavy (non-hydrogen) atoms. The number of aryl methyl sites for hydroxylation is 1. The fourth-order valence-corrected chi connectivity index (χ4v) is 5.36. The van der Waals surface area contributed by atoms with Gasteiger partial charge in [0.1, 0.15) is 5.82 Å². The number of ether oxygens (including phenoxy) is 1. The van der Waals surface area contributed by atoms with E-state index in [1.807, 2.05) is 12.1 Å². The van der Waals surface area contributed by atoms with E-state index in [1.54, 1.807) is 6.07 Å². The van der Waals surface area contributed by atoms with Gasteiger partial charge in [-0.25, -0.2) is 4.39 Å². The maximum atomic E-state index is 14.2. The van der Waals surface area contributed by atoms with Crippen molar-refractivity contribution in [1.82, 2.24) is 9.80 Å². The number of nitrogens with zero attached hydrogens (tertiary/aromatic N) is 3. The van der Waals surface area contributed by atoms with Gasteiger partial charge in [0.05, 0.1) is 12.8 Å². The van der Waals surface area contributed by atoms with Crippen LogP contribution in [0.3, 0.4) is 0 Å². The number of carbonyl (C=O) groups excluding carboxylic acids is 1. The average Bonchev–Trinajstić information content (AvgIpc) is 2.84. The molecule has 2 aromatic rings. The molecule has 0 bridgehead atoms. The van der Waals surface area contributed by atoms with Gasteiger partial charge in [0, 0.05) is 51.7 Å². The second-order valence-corrected chi connectivity index (χ2v) is 9.43. The number of methoxy groups -OCH3 is 1. The van der Waals surface area contributed by atoms with E-state index in [9.17, 15) is 9.18 Å². The van der Waals surface area contributed by atoms with Gasteiger partial charge in [0.25, 0.3) is 0 Å². The van der Waals surface area contributed by atoms with Crippen molar-refractivity contribution in [2.24, 2.45) is 5.92 Å². The number of piperazine rings is 1. The molecule has 0 saturated carbocycles. The largest absolute Gasteiger partial charge is 0.469 e. The molecule has 2 fully saturated rings. The van der Waals surface area contributed by atoms with Crippen LogP contribution < -0.4 is 4.90 Å². The molecular weight excluding hydrogens is 417 g/mol. The summed E-state index contributed by atoms with van der Waals surface area (Å²) in [4.78, 5) is 19.1. The first-order valence-electron chi connectivity index (χ1n) is 12.1. The van der Waals surface area contributed by atoms with E-state index in [-0.39, 0.29) is 11.8 Å². The van der Waals surface area contributed by atoms with Crippen molar-refractivity contribution in [2.75, 3.05) is 51.3 Å². The van der Waals surface area contributed by atoms with E-state index in [0.29, 0.717) is 24.1 Å². The third kappa shape index (κ3) is 6.12. The van der Waals surface area contributed by atoms with Gasteiger partial charge >= 0.3 is 5.97 Å². The second-order valence-electron chi connectivity index (χ2n) is 9.43. The Balaban J connectivity index is 1.39. The first-order chi connectivity index (χ1) is 16.0. The van der Waals surface area contributed by atoms with Gasteiger partial charge in [-0.1, -0.05) is 42.0 Å². The minimum atomic E-state index is -0.147. The molecule has 0 aliphatic carbocycles. The monoisotopic (exact) mass is 453 g/mol. The van der Waals surface area contributed by atoms with Crippen molar-refractivity contribution >= 4 is 11.7 Å². The lowest BCUT2D eigenvalue weighted by molar-refractivity contribution is -0.141. The predicted molar refractivity (Wildman–Crippen MR) is 130 cm³/mol. The third-order valence-electron chi connectivity index (χ3n) is 7.23. The smallest absolute Gasteiger partial charge is 0.305 e. The first kappa shape index (κ1) is 23.7. The molecule has 0 radical (unpaired) electrons. The molecule has 0 unspecified atom stereocenters. The van der Waals surface area contributed by atoms with Gasteiger partial charge in [-0.15, -0.1) is 0 Å². The molecule has 5 nitrogen and oxygen atoms in total. The van der Waals surface area contributed by atoms with Crippen molar-refractivity contribution in [3.8, 4) is 0 Å². The van der Waals surface area contributed by atoms with Crippen molar-refractivity contribution in [2.45, 2.75) is 38.8 Å². The SMILES string of the molecule is COC(=O)CC[C@H]1CN(Cc2ccc(C)cc2)CC[C@H]1N1CCN(c2ccccc2F)CC1. The molecule has 4 rings (SSSR count). The summed E-state index contributed by atoms with van der Waals surface area (Å²) in [5.41, 5.74) is 3.32. The number of esters is 1. The Bertz CT molecular complexity index is 912. The second kappa shape index (κ2) is 11.1. The van der Waals surface area contributed by atoms with Crippen LogP contribution in [0.25, 0.3) is 0 Å². The minimum Gasteiger partial charge on any atom is -0.469 e. The quantitative estimate of drug-likeness (QED) is 0.590. The summed E-state index contributed by atoms with van der Waals surface area (Å²) in [6.07, 6.45) is 2.40. The van der Waals surface area contributed by atoms with Crippen LogP contribution >= 0.6 is 0 Å². The normalized spacial score (nSPS) is 22.3. The highest BCUT2D eigenvalue weighted by Gasteiger charge is 2.35. The summed E-state index contributed by atoms with van der Waals surface area (Å²) in [7, 11) is 1.46. The summed E-state index contributed by atoms with van der Waals surface area (Å²) >= 11 is 0. The van der Waals surface area contributed by atoms with Gasteiger partial charge in [0.15, 0.2) is 0 Å². The lowest BCUT2D eigenvalue weighted by Crippen LogP contribution is -2.56. The number of hydrogen-bond acceptors (Lipinski definition) is 5. The summed E-state index contributed by atoms with van der Waals surface area (Å²) in [5.74, 6) is 0.142. The van der Waals surface area contributed by atoms with Crippen molar-refractivity contribution in [3.05, 3.63) is 65.5 Å². The van der Waals surface area contributed by atoms with E-state index in [2.05, 4.69) is 45.9 Å². The topological polar surface area (TPSA) is 36.0 Å². The van der Waals surface area contributed by atoms with Crippen molar-refractivity contribution in [3.63, 3.8) is 0 Å². The first-order valence-corrected chi connectivity index (χ1v) is 12.1. The number of halogens is 1. The highest BCUT2D eigenvalue weighted by atomic mass is 19.1. The fourth-order valence-electron chi connectivity index (χ4n) is 5.36. The molecule has 2 heterocycles. The molecule has 0 spiro atoms. The summed E-state index contributed by atoms with van der Waals surface area (Å²) in [6, 6.07) is 16.3. The zero-order chi connectivity index (χ0) is 23.2. The van der Waals surface area contributed by atoms with Crippen LogP contribution in [0, 0.1) is 18.7 Å². The number of hydrogen-bond donors (Lipinski definition) is 0. The summed E-state index contributed by atoms with van der Waals surface area (Å²) in [5, 5.41) is 0. The van der Waals surface area contributed by atoms with Crippen molar-refractivity contribution < 1.29 is 13.9 Å². The Morgan fingerprint density at radius 2 is 1.76 bits per heavy atom. The molecule has 178 valence electrons. The molecule has 2 atom stereocenters. The number of piperidine rings is 1. The van der Waals surface area contributed by atoms with Crippen LogP contribution in [-0.2, 0) is 16.1 Å². The maximum absolute atomic E-state index is 14.2. The van der Waals surface area contributed by atoms with Crippen molar-refractivity contribution in [1.29, 1.82) is 0 Å². The van der Waals surface area contributed by atoms with Gasteiger partial charge < -0.3 is 9.64 Å².